The van der Waals surface area contributed by atoms with Crippen LogP contribution in [0.2, 0.25) is 0 Å². The number of carboxylic acids is 1. The summed E-state index contributed by atoms with van der Waals surface area (Å²) in [6.45, 7) is 2.17. The van der Waals surface area contributed by atoms with Gasteiger partial charge in [0.2, 0.25) is 0 Å². The second kappa shape index (κ2) is 6.01. The quantitative estimate of drug-likeness (QED) is 0.860. The van der Waals surface area contributed by atoms with Gasteiger partial charge in [0, 0.05) is 6.04 Å². The van der Waals surface area contributed by atoms with Crippen LogP contribution in [0, 0.1) is 0 Å². The average Bonchev–Trinajstić information content (AvgIpc) is 2.39. The Morgan fingerprint density at radius 2 is 2.28 bits per heavy atom. The van der Waals surface area contributed by atoms with Gasteiger partial charge in [-0.2, -0.15) is 0 Å². The molecule has 0 saturated carbocycles. The van der Waals surface area contributed by atoms with Gasteiger partial charge in [-0.25, -0.2) is 0 Å². The second-order valence-corrected chi connectivity index (χ2v) is 5.04. The van der Waals surface area contributed by atoms with Crippen molar-refractivity contribution < 1.29 is 9.90 Å². The van der Waals surface area contributed by atoms with Gasteiger partial charge in [0.1, 0.15) is 6.04 Å². The molecule has 1 aliphatic rings. The van der Waals surface area contributed by atoms with Crippen LogP contribution in [0.1, 0.15) is 49.8 Å². The van der Waals surface area contributed by atoms with E-state index in [1.807, 2.05) is 0 Å². The normalized spacial score (nSPS) is 23.8. The van der Waals surface area contributed by atoms with Crippen LogP contribution in [0.5, 0.6) is 0 Å². The molecule has 1 aromatic rings. The topological polar surface area (TPSA) is 49.3 Å². The van der Waals surface area contributed by atoms with Gasteiger partial charge in [-0.1, -0.05) is 37.6 Å². The first kappa shape index (κ1) is 13.1. The van der Waals surface area contributed by atoms with Crippen LogP contribution in [-0.4, -0.2) is 17.1 Å². The smallest absolute Gasteiger partial charge is 0.320 e. The Morgan fingerprint density at radius 3 is 3.00 bits per heavy atom. The number of aliphatic carboxylic acids is 1. The number of nitrogens with one attached hydrogen (secondary N) is 1. The number of rotatable bonds is 4. The second-order valence-electron chi connectivity index (χ2n) is 5.04. The van der Waals surface area contributed by atoms with Gasteiger partial charge in [-0.3, -0.25) is 10.1 Å². The molecule has 0 aromatic heterocycles. The summed E-state index contributed by atoms with van der Waals surface area (Å²) in [5.41, 5.74) is 2.57. The van der Waals surface area contributed by atoms with Crippen LogP contribution >= 0.6 is 0 Å². The minimum atomic E-state index is -0.732. The molecule has 18 heavy (non-hydrogen) atoms. The van der Waals surface area contributed by atoms with E-state index >= 15 is 0 Å². The van der Waals surface area contributed by atoms with Crippen molar-refractivity contribution >= 4 is 5.97 Å². The molecule has 0 bridgehead atoms. The fraction of sp³-hybridized carbons (Fsp3) is 0.533. The van der Waals surface area contributed by atoms with Crippen molar-refractivity contribution in [1.29, 1.82) is 0 Å². The van der Waals surface area contributed by atoms with Gasteiger partial charge < -0.3 is 5.11 Å². The van der Waals surface area contributed by atoms with Crippen molar-refractivity contribution in [2.75, 3.05) is 0 Å². The van der Waals surface area contributed by atoms with Crippen LogP contribution in [0.25, 0.3) is 0 Å². The Bertz CT molecular complexity index is 417. The molecule has 3 nitrogen and oxygen atoms in total. The molecule has 0 aliphatic carbocycles. The Kier molecular flexibility index (Phi) is 4.37. The molecule has 2 atom stereocenters. The minimum Gasteiger partial charge on any atom is -0.480 e. The van der Waals surface area contributed by atoms with Crippen LogP contribution < -0.4 is 5.32 Å². The lowest BCUT2D eigenvalue weighted by atomic mass is 9.92. The minimum absolute atomic E-state index is 0.191. The highest BCUT2D eigenvalue weighted by atomic mass is 16.4. The van der Waals surface area contributed by atoms with E-state index in [9.17, 15) is 4.79 Å². The molecular formula is C15H21NO2. The Morgan fingerprint density at radius 1 is 1.44 bits per heavy atom. The van der Waals surface area contributed by atoms with Crippen LogP contribution in [-0.2, 0) is 11.2 Å². The summed E-state index contributed by atoms with van der Waals surface area (Å²) in [7, 11) is 0. The van der Waals surface area contributed by atoms with E-state index < -0.39 is 12.0 Å². The highest BCUT2D eigenvalue weighted by Crippen LogP contribution is 2.26. The zero-order valence-corrected chi connectivity index (χ0v) is 10.9. The lowest BCUT2D eigenvalue weighted by molar-refractivity contribution is -0.140. The zero-order valence-electron chi connectivity index (χ0n) is 10.9. The Balaban J connectivity index is 2.10. The van der Waals surface area contributed by atoms with E-state index in [1.54, 1.807) is 0 Å². The van der Waals surface area contributed by atoms with Crippen molar-refractivity contribution in [2.45, 2.75) is 51.1 Å². The highest BCUT2D eigenvalue weighted by Gasteiger charge is 2.26. The average molecular weight is 247 g/mol. The molecule has 1 fully saturated rings. The van der Waals surface area contributed by atoms with Gasteiger partial charge in [0.05, 0.1) is 0 Å². The Hall–Kier alpha value is -1.35. The van der Waals surface area contributed by atoms with Crippen LogP contribution in [0.15, 0.2) is 24.3 Å². The number of carbonyl (C=O) groups is 1. The number of carboxylic acid groups (broad SMARTS) is 1. The van der Waals surface area contributed by atoms with E-state index in [4.69, 9.17) is 5.11 Å². The van der Waals surface area contributed by atoms with Gasteiger partial charge in [0.15, 0.2) is 0 Å². The first-order valence-electron chi connectivity index (χ1n) is 6.78. The first-order valence-corrected chi connectivity index (χ1v) is 6.78. The standard InChI is InChI=1S/C15H21NO2/c1-2-5-11-6-3-7-12(10-11)13-8-4-9-14(16-13)15(17)18/h3,6-7,10,13-14,16H,2,4-5,8-9H2,1H3,(H,17,18). The van der Waals surface area contributed by atoms with Crippen LogP contribution in [0.3, 0.4) is 0 Å². The molecule has 98 valence electrons. The summed E-state index contributed by atoms with van der Waals surface area (Å²) in [5, 5.41) is 12.3. The van der Waals surface area contributed by atoms with Crippen molar-refractivity contribution in [3.63, 3.8) is 0 Å². The Labute approximate surface area is 108 Å². The molecule has 0 spiro atoms. The molecule has 1 aliphatic heterocycles. The molecule has 1 saturated heterocycles. The summed E-state index contributed by atoms with van der Waals surface area (Å²) in [6, 6.07) is 8.33. The molecule has 2 N–H and O–H groups in total. The largest absolute Gasteiger partial charge is 0.480 e. The monoisotopic (exact) mass is 247 g/mol. The fourth-order valence-corrected chi connectivity index (χ4v) is 2.65. The number of piperidine rings is 1. The number of hydrogen-bond acceptors (Lipinski definition) is 2. The van der Waals surface area contributed by atoms with Crippen molar-refractivity contribution in [1.82, 2.24) is 5.32 Å². The third kappa shape index (κ3) is 3.10. The molecule has 1 heterocycles. The fourth-order valence-electron chi connectivity index (χ4n) is 2.65. The van der Waals surface area contributed by atoms with E-state index in [-0.39, 0.29) is 6.04 Å². The predicted octanol–water partition coefficient (Wildman–Crippen LogP) is 2.91. The lowest BCUT2D eigenvalue weighted by Crippen LogP contribution is -2.42. The van der Waals surface area contributed by atoms with E-state index in [1.165, 1.54) is 11.1 Å². The highest BCUT2D eigenvalue weighted by molar-refractivity contribution is 5.73. The van der Waals surface area contributed by atoms with E-state index in [2.05, 4.69) is 36.5 Å². The summed E-state index contributed by atoms with van der Waals surface area (Å²) in [6.07, 6.45) is 4.97. The summed E-state index contributed by atoms with van der Waals surface area (Å²) in [5.74, 6) is -0.732. The van der Waals surface area contributed by atoms with Crippen molar-refractivity contribution in [3.8, 4) is 0 Å². The third-order valence-corrected chi connectivity index (χ3v) is 3.58. The maximum Gasteiger partial charge on any atom is 0.320 e. The van der Waals surface area contributed by atoms with E-state index in [0.29, 0.717) is 0 Å². The molecule has 3 heteroatoms. The molecular weight excluding hydrogens is 226 g/mol. The van der Waals surface area contributed by atoms with Crippen molar-refractivity contribution in [3.05, 3.63) is 35.4 Å². The van der Waals surface area contributed by atoms with Gasteiger partial charge in [-0.15, -0.1) is 0 Å². The summed E-state index contributed by atoms with van der Waals surface area (Å²) in [4.78, 5) is 11.0. The van der Waals surface area contributed by atoms with E-state index in [0.717, 1.165) is 32.1 Å². The maximum absolute atomic E-state index is 11.0. The number of aryl methyl sites for hydroxylation is 1. The molecule has 2 rings (SSSR count). The molecule has 0 radical (unpaired) electrons. The first-order chi connectivity index (χ1) is 8.70. The maximum atomic E-state index is 11.0. The van der Waals surface area contributed by atoms with Gasteiger partial charge >= 0.3 is 5.97 Å². The van der Waals surface area contributed by atoms with Gasteiger partial charge in [0.25, 0.3) is 0 Å². The van der Waals surface area contributed by atoms with Gasteiger partial charge in [-0.05, 0) is 36.8 Å². The van der Waals surface area contributed by atoms with Crippen LogP contribution in [0.4, 0.5) is 0 Å². The number of hydrogen-bond donors (Lipinski definition) is 2. The summed E-state index contributed by atoms with van der Waals surface area (Å²) >= 11 is 0. The molecule has 0 amide bonds. The molecule has 2 unspecified atom stereocenters. The third-order valence-electron chi connectivity index (χ3n) is 3.58. The SMILES string of the molecule is CCCc1cccc(C2CCCC(C(=O)O)N2)c1. The summed E-state index contributed by atoms with van der Waals surface area (Å²) < 4.78 is 0. The molecule has 1 aromatic carbocycles. The number of benzene rings is 1. The van der Waals surface area contributed by atoms with Crippen molar-refractivity contribution in [2.24, 2.45) is 0 Å². The zero-order chi connectivity index (χ0) is 13.0. The predicted molar refractivity (Wildman–Crippen MR) is 71.6 cm³/mol. The lowest BCUT2D eigenvalue weighted by Gasteiger charge is -2.29.